The van der Waals surface area contributed by atoms with Crippen LogP contribution < -0.4 is 5.32 Å². The van der Waals surface area contributed by atoms with Crippen LogP contribution in [0.15, 0.2) is 41.1 Å². The van der Waals surface area contributed by atoms with Crippen LogP contribution in [-0.2, 0) is 13.6 Å². The Labute approximate surface area is 118 Å². The van der Waals surface area contributed by atoms with Gasteiger partial charge in [0, 0.05) is 24.8 Å². The third-order valence-corrected chi connectivity index (χ3v) is 3.76. The van der Waals surface area contributed by atoms with Gasteiger partial charge < -0.3 is 14.3 Å². The van der Waals surface area contributed by atoms with E-state index in [1.165, 1.54) is 10.9 Å². The first-order valence-corrected chi connectivity index (χ1v) is 6.84. The molecule has 3 rings (SSSR count). The summed E-state index contributed by atoms with van der Waals surface area (Å²) in [5.74, 6) is 2.02. The lowest BCUT2D eigenvalue weighted by Gasteiger charge is -2.12. The zero-order chi connectivity index (χ0) is 14.1. The van der Waals surface area contributed by atoms with Crippen LogP contribution in [0, 0.1) is 6.92 Å². The summed E-state index contributed by atoms with van der Waals surface area (Å²) in [6.07, 6.45) is 3.77. The van der Waals surface area contributed by atoms with Gasteiger partial charge in [-0.15, -0.1) is 0 Å². The summed E-state index contributed by atoms with van der Waals surface area (Å²) < 4.78 is 7.99. The van der Waals surface area contributed by atoms with E-state index < -0.39 is 0 Å². The van der Waals surface area contributed by atoms with E-state index in [9.17, 15) is 0 Å². The summed E-state index contributed by atoms with van der Waals surface area (Å²) in [7, 11) is 2.00. The van der Waals surface area contributed by atoms with Crippen LogP contribution >= 0.6 is 0 Å². The number of benzene rings is 1. The predicted molar refractivity (Wildman–Crippen MR) is 79.4 cm³/mol. The Morgan fingerprint density at radius 3 is 2.85 bits per heavy atom. The summed E-state index contributed by atoms with van der Waals surface area (Å²) in [5.41, 5.74) is 2.16. The van der Waals surface area contributed by atoms with Crippen molar-refractivity contribution in [2.75, 3.05) is 0 Å². The average molecular weight is 269 g/mol. The molecule has 4 nitrogen and oxygen atoms in total. The lowest BCUT2D eigenvalue weighted by Crippen LogP contribution is -2.20. The lowest BCUT2D eigenvalue weighted by atomic mass is 10.1. The maximum atomic E-state index is 5.97. The van der Waals surface area contributed by atoms with Crippen molar-refractivity contribution in [2.45, 2.75) is 26.4 Å². The van der Waals surface area contributed by atoms with Gasteiger partial charge in [0.2, 0.25) is 0 Å². The van der Waals surface area contributed by atoms with Crippen LogP contribution in [0.25, 0.3) is 11.0 Å². The zero-order valence-electron chi connectivity index (χ0n) is 12.1. The van der Waals surface area contributed by atoms with E-state index in [0.29, 0.717) is 0 Å². The molecule has 0 aliphatic heterocycles. The van der Waals surface area contributed by atoms with Gasteiger partial charge >= 0.3 is 0 Å². The van der Waals surface area contributed by atoms with Gasteiger partial charge in [0.15, 0.2) is 0 Å². The molecule has 0 aliphatic carbocycles. The molecule has 0 fully saturated rings. The van der Waals surface area contributed by atoms with Crippen molar-refractivity contribution in [3.05, 3.63) is 53.8 Å². The number of aromatic nitrogens is 2. The molecule has 0 saturated heterocycles. The number of nitrogens with zero attached hydrogens (tertiary/aromatic N) is 2. The van der Waals surface area contributed by atoms with Crippen molar-refractivity contribution in [3.63, 3.8) is 0 Å². The molecule has 0 bridgehead atoms. The molecule has 1 N–H and O–H groups in total. The van der Waals surface area contributed by atoms with E-state index in [4.69, 9.17) is 4.42 Å². The first-order chi connectivity index (χ1) is 9.66. The maximum absolute atomic E-state index is 5.97. The van der Waals surface area contributed by atoms with E-state index in [1.807, 2.05) is 42.2 Å². The van der Waals surface area contributed by atoms with E-state index in [0.717, 1.165) is 23.7 Å². The molecular formula is C16H19N3O. The van der Waals surface area contributed by atoms with Gasteiger partial charge in [0.05, 0.1) is 12.6 Å². The highest BCUT2D eigenvalue weighted by Crippen LogP contribution is 2.29. The first-order valence-electron chi connectivity index (χ1n) is 6.84. The topological polar surface area (TPSA) is 43.0 Å². The number of imidazole rings is 1. The Hall–Kier alpha value is -2.07. The third kappa shape index (κ3) is 2.23. The second-order valence-electron chi connectivity index (χ2n) is 5.14. The van der Waals surface area contributed by atoms with Crippen molar-refractivity contribution in [1.82, 2.24) is 14.9 Å². The van der Waals surface area contributed by atoms with Crippen LogP contribution in [0.2, 0.25) is 0 Å². The molecule has 0 amide bonds. The Morgan fingerprint density at radius 1 is 1.35 bits per heavy atom. The van der Waals surface area contributed by atoms with Gasteiger partial charge in [-0.1, -0.05) is 18.2 Å². The van der Waals surface area contributed by atoms with Gasteiger partial charge in [-0.2, -0.15) is 0 Å². The van der Waals surface area contributed by atoms with Crippen molar-refractivity contribution >= 4 is 11.0 Å². The fraction of sp³-hybridized carbons (Fsp3) is 0.312. The summed E-state index contributed by atoms with van der Waals surface area (Å²) in [6, 6.07) is 8.31. The van der Waals surface area contributed by atoms with Crippen LogP contribution in [0.5, 0.6) is 0 Å². The summed E-state index contributed by atoms with van der Waals surface area (Å²) >= 11 is 0. The van der Waals surface area contributed by atoms with Gasteiger partial charge in [-0.05, 0) is 25.5 Å². The van der Waals surface area contributed by atoms with Crippen LogP contribution in [-0.4, -0.2) is 9.55 Å². The number of rotatable bonds is 4. The Bertz CT molecular complexity index is 726. The highest BCUT2D eigenvalue weighted by atomic mass is 16.3. The number of nitrogens with one attached hydrogen (secondary N) is 1. The second-order valence-corrected chi connectivity index (χ2v) is 5.14. The number of para-hydroxylation sites is 1. The van der Waals surface area contributed by atoms with Crippen molar-refractivity contribution in [3.8, 4) is 0 Å². The molecule has 2 heterocycles. The maximum Gasteiger partial charge on any atom is 0.134 e. The third-order valence-electron chi connectivity index (χ3n) is 3.76. The highest BCUT2D eigenvalue weighted by molar-refractivity contribution is 5.82. The fourth-order valence-electron chi connectivity index (χ4n) is 2.51. The Morgan fingerprint density at radius 2 is 2.15 bits per heavy atom. The van der Waals surface area contributed by atoms with E-state index in [-0.39, 0.29) is 6.04 Å². The SMILES string of the molecule is Cc1c(C(C)NCc2nccn2C)oc2ccccc12. The molecule has 3 aromatic rings. The minimum Gasteiger partial charge on any atom is -0.459 e. The first kappa shape index (κ1) is 12.9. The monoisotopic (exact) mass is 269 g/mol. The molecule has 0 aliphatic rings. The van der Waals surface area contributed by atoms with E-state index >= 15 is 0 Å². The highest BCUT2D eigenvalue weighted by Gasteiger charge is 2.16. The number of fused-ring (bicyclic) bond motifs is 1. The molecule has 104 valence electrons. The molecule has 1 atom stereocenters. The molecule has 1 aromatic carbocycles. The largest absolute Gasteiger partial charge is 0.459 e. The van der Waals surface area contributed by atoms with Crippen LogP contribution in [0.3, 0.4) is 0 Å². The van der Waals surface area contributed by atoms with Gasteiger partial charge in [-0.3, -0.25) is 0 Å². The van der Waals surface area contributed by atoms with Crippen molar-refractivity contribution in [1.29, 1.82) is 0 Å². The quantitative estimate of drug-likeness (QED) is 0.790. The van der Waals surface area contributed by atoms with E-state index in [2.05, 4.69) is 30.2 Å². The molecule has 0 saturated carbocycles. The van der Waals surface area contributed by atoms with Gasteiger partial charge in [0.1, 0.15) is 17.2 Å². The Balaban J connectivity index is 1.80. The summed E-state index contributed by atoms with van der Waals surface area (Å²) in [4.78, 5) is 4.32. The number of furan rings is 1. The molecule has 4 heteroatoms. The molecule has 1 unspecified atom stereocenters. The number of hydrogen-bond acceptors (Lipinski definition) is 3. The predicted octanol–water partition coefficient (Wildman–Crippen LogP) is 3.33. The zero-order valence-corrected chi connectivity index (χ0v) is 12.1. The normalized spacial score (nSPS) is 12.9. The van der Waals surface area contributed by atoms with Crippen molar-refractivity contribution in [2.24, 2.45) is 7.05 Å². The minimum atomic E-state index is 0.152. The summed E-state index contributed by atoms with van der Waals surface area (Å²) in [6.45, 7) is 4.95. The standard InChI is InChI=1S/C16H19N3O/c1-11-13-6-4-5-7-14(13)20-16(11)12(2)18-10-15-17-8-9-19(15)3/h4-9,12,18H,10H2,1-3H3. The fourth-order valence-corrected chi connectivity index (χ4v) is 2.51. The number of aryl methyl sites for hydroxylation is 2. The molecule has 2 aromatic heterocycles. The van der Waals surface area contributed by atoms with Crippen molar-refractivity contribution < 1.29 is 4.42 Å². The average Bonchev–Trinajstić information content (AvgIpc) is 3.01. The molecule has 0 radical (unpaired) electrons. The molecule has 0 spiro atoms. The molecular weight excluding hydrogens is 250 g/mol. The molecule has 20 heavy (non-hydrogen) atoms. The minimum absolute atomic E-state index is 0.152. The van der Waals surface area contributed by atoms with E-state index in [1.54, 1.807) is 0 Å². The smallest absolute Gasteiger partial charge is 0.134 e. The Kier molecular flexibility index (Phi) is 3.32. The second kappa shape index (κ2) is 5.13. The van der Waals surface area contributed by atoms with Gasteiger partial charge in [0.25, 0.3) is 0 Å². The number of hydrogen-bond donors (Lipinski definition) is 1. The van der Waals surface area contributed by atoms with Gasteiger partial charge in [-0.25, -0.2) is 4.98 Å². The summed E-state index contributed by atoms with van der Waals surface area (Å²) in [5, 5.41) is 4.65. The van der Waals surface area contributed by atoms with Crippen LogP contribution in [0.1, 0.15) is 30.1 Å². The lowest BCUT2D eigenvalue weighted by molar-refractivity contribution is 0.441. The van der Waals surface area contributed by atoms with Crippen LogP contribution in [0.4, 0.5) is 0 Å².